The fraction of sp³-hybridized carbons (Fsp3) is 0.300. The second-order valence-electron chi connectivity index (χ2n) is 9.53. The molecule has 1 aliphatic heterocycles. The molecular formula is C30H32FN3O3S. The smallest absolute Gasteiger partial charge is 0.258 e. The molecule has 0 aromatic heterocycles. The number of hydrogen-bond acceptors (Lipinski definition) is 5. The van der Waals surface area contributed by atoms with Crippen LogP contribution in [0.1, 0.15) is 46.0 Å². The normalized spacial score (nSPS) is 14.2. The predicted octanol–water partition coefficient (Wildman–Crippen LogP) is 5.46. The van der Waals surface area contributed by atoms with Gasteiger partial charge in [-0.2, -0.15) is 12.6 Å². The van der Waals surface area contributed by atoms with Gasteiger partial charge in [0.15, 0.2) is 5.78 Å². The molecule has 3 aromatic carbocycles. The highest BCUT2D eigenvalue weighted by molar-refractivity contribution is 7.79. The predicted molar refractivity (Wildman–Crippen MR) is 151 cm³/mol. The maximum Gasteiger partial charge on any atom is 0.258 e. The Morgan fingerprint density at radius 2 is 1.63 bits per heavy atom. The van der Waals surface area contributed by atoms with Crippen LogP contribution < -0.4 is 10.2 Å². The molecule has 0 bridgehead atoms. The number of halogens is 1. The van der Waals surface area contributed by atoms with Crippen LogP contribution in [0.5, 0.6) is 0 Å². The first-order valence-corrected chi connectivity index (χ1v) is 13.4. The van der Waals surface area contributed by atoms with Gasteiger partial charge in [-0.1, -0.05) is 12.1 Å². The van der Waals surface area contributed by atoms with Crippen molar-refractivity contribution in [1.82, 2.24) is 4.90 Å². The van der Waals surface area contributed by atoms with E-state index in [1.165, 1.54) is 19.1 Å². The SMILES string of the molecule is CC(=O)Nc1ccc(C(=O)N(CCN2CCC(C(=O)c3ccc(F)cc3)CC2)c2cccc(CS)c2)cc1. The molecule has 198 valence electrons. The van der Waals surface area contributed by atoms with Crippen LogP contribution in [0.25, 0.3) is 0 Å². The lowest BCUT2D eigenvalue weighted by molar-refractivity contribution is -0.114. The largest absolute Gasteiger partial charge is 0.326 e. The van der Waals surface area contributed by atoms with Crippen molar-refractivity contribution in [3.8, 4) is 0 Å². The van der Waals surface area contributed by atoms with Crippen LogP contribution in [0.4, 0.5) is 15.8 Å². The van der Waals surface area contributed by atoms with E-state index < -0.39 is 0 Å². The zero-order valence-electron chi connectivity index (χ0n) is 21.4. The number of anilines is 2. The molecule has 1 aliphatic rings. The lowest BCUT2D eigenvalue weighted by atomic mass is 9.89. The quantitative estimate of drug-likeness (QED) is 0.283. The summed E-state index contributed by atoms with van der Waals surface area (Å²) in [6, 6.07) is 20.4. The van der Waals surface area contributed by atoms with E-state index >= 15 is 0 Å². The Bertz CT molecular complexity index is 1270. The van der Waals surface area contributed by atoms with Crippen molar-refractivity contribution in [1.29, 1.82) is 0 Å². The summed E-state index contributed by atoms with van der Waals surface area (Å²) in [6.45, 7) is 4.09. The number of piperidine rings is 1. The Morgan fingerprint density at radius 3 is 2.26 bits per heavy atom. The van der Waals surface area contributed by atoms with Gasteiger partial charge in [-0.05, 0) is 92.2 Å². The van der Waals surface area contributed by atoms with Crippen LogP contribution in [-0.2, 0) is 10.5 Å². The van der Waals surface area contributed by atoms with E-state index in [0.29, 0.717) is 35.7 Å². The Balaban J connectivity index is 1.42. The highest BCUT2D eigenvalue weighted by Gasteiger charge is 2.27. The number of likely N-dealkylation sites (tertiary alicyclic amines) is 1. The third-order valence-electron chi connectivity index (χ3n) is 6.83. The van der Waals surface area contributed by atoms with Gasteiger partial charge >= 0.3 is 0 Å². The monoisotopic (exact) mass is 533 g/mol. The van der Waals surface area contributed by atoms with Crippen molar-refractivity contribution in [3.63, 3.8) is 0 Å². The van der Waals surface area contributed by atoms with Crippen LogP contribution in [0.15, 0.2) is 72.8 Å². The molecule has 6 nitrogen and oxygen atoms in total. The van der Waals surface area contributed by atoms with Crippen LogP contribution in [0.2, 0.25) is 0 Å². The fourth-order valence-electron chi connectivity index (χ4n) is 4.74. The highest BCUT2D eigenvalue weighted by Crippen LogP contribution is 2.24. The third kappa shape index (κ3) is 7.08. The summed E-state index contributed by atoms with van der Waals surface area (Å²) in [5.74, 6) is -0.0958. The minimum Gasteiger partial charge on any atom is -0.326 e. The Labute approximate surface area is 228 Å². The molecular weight excluding hydrogens is 501 g/mol. The van der Waals surface area contributed by atoms with E-state index in [0.717, 1.165) is 37.2 Å². The first kappa shape index (κ1) is 27.5. The molecule has 1 saturated heterocycles. The lowest BCUT2D eigenvalue weighted by Gasteiger charge is -2.33. The molecule has 1 fully saturated rings. The molecule has 8 heteroatoms. The van der Waals surface area contributed by atoms with Gasteiger partial charge < -0.3 is 15.1 Å². The zero-order valence-corrected chi connectivity index (χ0v) is 22.3. The van der Waals surface area contributed by atoms with Crippen molar-refractivity contribution in [2.45, 2.75) is 25.5 Å². The average molecular weight is 534 g/mol. The number of hydrogen-bond donors (Lipinski definition) is 2. The Morgan fingerprint density at radius 1 is 0.974 bits per heavy atom. The lowest BCUT2D eigenvalue weighted by Crippen LogP contribution is -2.43. The third-order valence-corrected chi connectivity index (χ3v) is 7.19. The van der Waals surface area contributed by atoms with Gasteiger partial charge in [0, 0.05) is 54.2 Å². The van der Waals surface area contributed by atoms with Crippen molar-refractivity contribution < 1.29 is 18.8 Å². The second kappa shape index (κ2) is 12.8. The van der Waals surface area contributed by atoms with E-state index in [4.69, 9.17) is 0 Å². The van der Waals surface area contributed by atoms with Crippen molar-refractivity contribution in [2.24, 2.45) is 5.92 Å². The van der Waals surface area contributed by atoms with Crippen LogP contribution in [0.3, 0.4) is 0 Å². The number of rotatable bonds is 9. The Kier molecular flexibility index (Phi) is 9.31. The van der Waals surface area contributed by atoms with E-state index in [9.17, 15) is 18.8 Å². The minimum absolute atomic E-state index is 0.0627. The number of amides is 2. The summed E-state index contributed by atoms with van der Waals surface area (Å²) in [5.41, 5.74) is 3.53. The number of carbonyl (C=O) groups is 3. The van der Waals surface area contributed by atoms with E-state index in [1.54, 1.807) is 41.3 Å². The first-order chi connectivity index (χ1) is 18.3. The number of thiol groups is 1. The summed E-state index contributed by atoms with van der Waals surface area (Å²) < 4.78 is 13.2. The van der Waals surface area contributed by atoms with Gasteiger partial charge in [0.05, 0.1) is 0 Å². The van der Waals surface area contributed by atoms with Gasteiger partial charge in [0.1, 0.15) is 5.82 Å². The van der Waals surface area contributed by atoms with Crippen molar-refractivity contribution >= 4 is 41.6 Å². The molecule has 38 heavy (non-hydrogen) atoms. The van der Waals surface area contributed by atoms with Gasteiger partial charge in [0.2, 0.25) is 5.91 Å². The fourth-order valence-corrected chi connectivity index (χ4v) is 4.93. The number of ketones is 1. The molecule has 4 rings (SSSR count). The van der Waals surface area contributed by atoms with Crippen LogP contribution in [-0.4, -0.2) is 48.7 Å². The van der Waals surface area contributed by atoms with Gasteiger partial charge in [-0.15, -0.1) is 0 Å². The number of nitrogens with one attached hydrogen (secondary N) is 1. The maximum absolute atomic E-state index is 13.6. The maximum atomic E-state index is 13.6. The molecule has 0 saturated carbocycles. The highest BCUT2D eigenvalue weighted by atomic mass is 32.1. The molecule has 0 spiro atoms. The van der Waals surface area contributed by atoms with Gasteiger partial charge in [-0.3, -0.25) is 14.4 Å². The van der Waals surface area contributed by atoms with Gasteiger partial charge in [0.25, 0.3) is 5.91 Å². The second-order valence-corrected chi connectivity index (χ2v) is 9.85. The van der Waals surface area contributed by atoms with Crippen LogP contribution >= 0.6 is 12.6 Å². The number of carbonyl (C=O) groups excluding carboxylic acids is 3. The van der Waals surface area contributed by atoms with Crippen molar-refractivity contribution in [2.75, 3.05) is 36.4 Å². The van der Waals surface area contributed by atoms with E-state index in [1.807, 2.05) is 24.3 Å². The minimum atomic E-state index is -0.348. The van der Waals surface area contributed by atoms with E-state index in [2.05, 4.69) is 22.8 Å². The van der Waals surface area contributed by atoms with Crippen LogP contribution in [0, 0.1) is 11.7 Å². The molecule has 0 aliphatic carbocycles. The first-order valence-electron chi connectivity index (χ1n) is 12.8. The molecule has 3 aromatic rings. The van der Waals surface area contributed by atoms with Crippen molar-refractivity contribution in [3.05, 3.63) is 95.3 Å². The molecule has 1 N–H and O–H groups in total. The molecule has 2 amide bonds. The zero-order chi connectivity index (χ0) is 27.1. The average Bonchev–Trinajstić information content (AvgIpc) is 2.93. The summed E-state index contributed by atoms with van der Waals surface area (Å²) >= 11 is 4.39. The number of benzene rings is 3. The molecule has 1 heterocycles. The van der Waals surface area contributed by atoms with Gasteiger partial charge in [-0.25, -0.2) is 4.39 Å². The molecule has 0 unspecified atom stereocenters. The summed E-state index contributed by atoms with van der Waals surface area (Å²) in [4.78, 5) is 41.8. The topological polar surface area (TPSA) is 69.7 Å². The summed E-state index contributed by atoms with van der Waals surface area (Å²) in [5, 5.41) is 2.72. The van der Waals surface area contributed by atoms with E-state index in [-0.39, 0.29) is 29.3 Å². The number of Topliss-reactive ketones (excluding diaryl/α,β-unsaturated/α-hetero) is 1. The Hall–Kier alpha value is -3.49. The summed E-state index contributed by atoms with van der Waals surface area (Å²) in [6.07, 6.45) is 1.45. The molecule has 0 radical (unpaired) electrons. The standard InChI is InChI=1S/C30H32FN3O3S/c1-21(35)32-27-11-7-25(8-12-27)30(37)34(28-4-2-3-22(19-28)20-38)18-17-33-15-13-24(14-16-33)29(36)23-5-9-26(31)10-6-23/h2-12,19,24,38H,13-18,20H2,1H3,(H,32,35). The summed E-state index contributed by atoms with van der Waals surface area (Å²) in [7, 11) is 0. The molecule has 0 atom stereocenters. The number of nitrogens with zero attached hydrogens (tertiary/aromatic N) is 2.